The van der Waals surface area contributed by atoms with Crippen molar-refractivity contribution in [3.05, 3.63) is 23.9 Å². The minimum atomic E-state index is 0. The predicted molar refractivity (Wildman–Crippen MR) is 61.7 cm³/mol. The number of methoxy groups -OCH3 is 1. The van der Waals surface area contributed by atoms with E-state index in [0.717, 1.165) is 19.6 Å². The van der Waals surface area contributed by atoms with Crippen molar-refractivity contribution in [1.29, 1.82) is 0 Å². The SMILES string of the molecule is COc1ccc([C@@H]2CNCCN2)cn1.Cl. The average Bonchev–Trinajstić information content (AvgIpc) is 2.30. The van der Waals surface area contributed by atoms with Crippen LogP contribution < -0.4 is 15.4 Å². The molecule has 15 heavy (non-hydrogen) atoms. The van der Waals surface area contributed by atoms with Gasteiger partial charge in [0.1, 0.15) is 0 Å². The van der Waals surface area contributed by atoms with Gasteiger partial charge in [-0.2, -0.15) is 0 Å². The van der Waals surface area contributed by atoms with Crippen LogP contribution in [0.3, 0.4) is 0 Å². The molecule has 0 bridgehead atoms. The Labute approximate surface area is 95.8 Å². The zero-order valence-electron chi connectivity index (χ0n) is 8.69. The zero-order chi connectivity index (χ0) is 9.80. The quantitative estimate of drug-likeness (QED) is 0.786. The van der Waals surface area contributed by atoms with Gasteiger partial charge in [0.15, 0.2) is 0 Å². The van der Waals surface area contributed by atoms with Crippen LogP contribution in [0, 0.1) is 0 Å². The average molecular weight is 230 g/mol. The predicted octanol–water partition coefficient (Wildman–Crippen LogP) is 0.746. The molecule has 5 heteroatoms. The van der Waals surface area contributed by atoms with E-state index in [1.165, 1.54) is 5.56 Å². The molecule has 2 N–H and O–H groups in total. The number of aromatic nitrogens is 1. The lowest BCUT2D eigenvalue weighted by atomic mass is 10.1. The first-order chi connectivity index (χ1) is 6.90. The summed E-state index contributed by atoms with van der Waals surface area (Å²) in [7, 11) is 1.63. The molecule has 84 valence electrons. The monoisotopic (exact) mass is 229 g/mol. The third-order valence-electron chi connectivity index (χ3n) is 2.41. The van der Waals surface area contributed by atoms with Gasteiger partial charge in [-0.3, -0.25) is 0 Å². The highest BCUT2D eigenvalue weighted by molar-refractivity contribution is 5.85. The van der Waals surface area contributed by atoms with Gasteiger partial charge in [0, 0.05) is 37.9 Å². The van der Waals surface area contributed by atoms with Crippen LogP contribution in [0.1, 0.15) is 11.6 Å². The van der Waals surface area contributed by atoms with Gasteiger partial charge in [0.05, 0.1) is 7.11 Å². The lowest BCUT2D eigenvalue weighted by Crippen LogP contribution is -2.42. The third kappa shape index (κ3) is 3.06. The number of hydrogen-bond acceptors (Lipinski definition) is 4. The fraction of sp³-hybridized carbons (Fsp3) is 0.500. The van der Waals surface area contributed by atoms with Crippen molar-refractivity contribution < 1.29 is 4.74 Å². The Balaban J connectivity index is 0.00000112. The lowest BCUT2D eigenvalue weighted by Gasteiger charge is -2.24. The fourth-order valence-corrected chi connectivity index (χ4v) is 1.61. The number of halogens is 1. The van der Waals surface area contributed by atoms with Crippen molar-refractivity contribution in [2.24, 2.45) is 0 Å². The largest absolute Gasteiger partial charge is 0.481 e. The number of hydrogen-bond donors (Lipinski definition) is 2. The van der Waals surface area contributed by atoms with E-state index in [9.17, 15) is 0 Å². The molecule has 1 aromatic rings. The molecule has 0 saturated carbocycles. The summed E-state index contributed by atoms with van der Waals surface area (Å²) in [5, 5.41) is 6.77. The molecule has 4 nitrogen and oxygen atoms in total. The Bertz CT molecular complexity index is 285. The maximum Gasteiger partial charge on any atom is 0.212 e. The van der Waals surface area contributed by atoms with Gasteiger partial charge in [0.25, 0.3) is 0 Å². The molecule has 1 saturated heterocycles. The van der Waals surface area contributed by atoms with Crippen molar-refractivity contribution in [1.82, 2.24) is 15.6 Å². The molecule has 1 fully saturated rings. The van der Waals surface area contributed by atoms with E-state index in [1.807, 2.05) is 12.3 Å². The van der Waals surface area contributed by atoms with Crippen LogP contribution in [-0.2, 0) is 0 Å². The molecule has 0 radical (unpaired) electrons. The molecule has 2 rings (SSSR count). The second-order valence-corrected chi connectivity index (χ2v) is 3.34. The number of nitrogens with zero attached hydrogens (tertiary/aromatic N) is 1. The minimum Gasteiger partial charge on any atom is -0.481 e. The Morgan fingerprint density at radius 2 is 2.27 bits per heavy atom. The van der Waals surface area contributed by atoms with E-state index in [1.54, 1.807) is 7.11 Å². The molecule has 1 aliphatic heterocycles. The van der Waals surface area contributed by atoms with E-state index in [2.05, 4.69) is 21.7 Å². The maximum atomic E-state index is 5.01. The third-order valence-corrected chi connectivity index (χ3v) is 2.41. The number of ether oxygens (including phenoxy) is 1. The van der Waals surface area contributed by atoms with Crippen LogP contribution in [-0.4, -0.2) is 31.7 Å². The molecular weight excluding hydrogens is 214 g/mol. The van der Waals surface area contributed by atoms with Crippen LogP contribution in [0.25, 0.3) is 0 Å². The molecule has 1 aliphatic rings. The summed E-state index contributed by atoms with van der Waals surface area (Å²) in [4.78, 5) is 4.18. The number of rotatable bonds is 2. The summed E-state index contributed by atoms with van der Waals surface area (Å²) in [6, 6.07) is 4.32. The Kier molecular flexibility index (Phi) is 4.81. The summed E-state index contributed by atoms with van der Waals surface area (Å²) >= 11 is 0. The van der Waals surface area contributed by atoms with Gasteiger partial charge >= 0.3 is 0 Å². The van der Waals surface area contributed by atoms with Crippen LogP contribution >= 0.6 is 12.4 Å². The number of pyridine rings is 1. The van der Waals surface area contributed by atoms with Crippen molar-refractivity contribution in [2.45, 2.75) is 6.04 Å². The maximum absolute atomic E-state index is 5.01. The smallest absolute Gasteiger partial charge is 0.212 e. The van der Waals surface area contributed by atoms with Crippen molar-refractivity contribution in [3.63, 3.8) is 0 Å². The summed E-state index contributed by atoms with van der Waals surface area (Å²) in [6.45, 7) is 3.02. The highest BCUT2D eigenvalue weighted by atomic mass is 35.5. The second kappa shape index (κ2) is 5.90. The molecule has 1 atom stereocenters. The van der Waals surface area contributed by atoms with Crippen molar-refractivity contribution in [2.75, 3.05) is 26.7 Å². The van der Waals surface area contributed by atoms with Crippen molar-refractivity contribution in [3.8, 4) is 5.88 Å². The summed E-state index contributed by atoms with van der Waals surface area (Å²) in [5.41, 5.74) is 1.21. The first-order valence-electron chi connectivity index (χ1n) is 4.84. The van der Waals surface area contributed by atoms with E-state index < -0.39 is 0 Å². The fourth-order valence-electron chi connectivity index (χ4n) is 1.61. The Morgan fingerprint density at radius 1 is 1.40 bits per heavy atom. The van der Waals surface area contributed by atoms with Gasteiger partial charge < -0.3 is 15.4 Å². The standard InChI is InChI=1S/C10H15N3O.ClH/c1-14-10-3-2-8(6-13-10)9-7-11-4-5-12-9;/h2-3,6,9,11-12H,4-5,7H2,1H3;1H/t9-;/m0./s1. The van der Waals surface area contributed by atoms with E-state index >= 15 is 0 Å². The molecule has 0 aromatic carbocycles. The second-order valence-electron chi connectivity index (χ2n) is 3.34. The number of piperazine rings is 1. The van der Waals surface area contributed by atoms with E-state index in [0.29, 0.717) is 11.9 Å². The van der Waals surface area contributed by atoms with Gasteiger partial charge in [-0.1, -0.05) is 6.07 Å². The van der Waals surface area contributed by atoms with Crippen LogP contribution in [0.4, 0.5) is 0 Å². The molecule has 0 amide bonds. The van der Waals surface area contributed by atoms with Gasteiger partial charge in [-0.15, -0.1) is 12.4 Å². The summed E-state index contributed by atoms with van der Waals surface area (Å²) in [5.74, 6) is 0.664. The Morgan fingerprint density at radius 3 is 2.80 bits per heavy atom. The van der Waals surface area contributed by atoms with E-state index in [4.69, 9.17) is 4.74 Å². The van der Waals surface area contributed by atoms with Gasteiger partial charge in [-0.25, -0.2) is 4.98 Å². The molecule has 2 heterocycles. The van der Waals surface area contributed by atoms with Gasteiger partial charge in [0.2, 0.25) is 5.88 Å². The van der Waals surface area contributed by atoms with Gasteiger partial charge in [-0.05, 0) is 5.56 Å². The highest BCUT2D eigenvalue weighted by Crippen LogP contribution is 2.15. The molecular formula is C10H16ClN3O. The van der Waals surface area contributed by atoms with Crippen LogP contribution in [0.2, 0.25) is 0 Å². The van der Waals surface area contributed by atoms with Crippen LogP contribution in [0.15, 0.2) is 18.3 Å². The number of nitrogens with one attached hydrogen (secondary N) is 2. The highest BCUT2D eigenvalue weighted by Gasteiger charge is 2.13. The topological polar surface area (TPSA) is 46.2 Å². The minimum absolute atomic E-state index is 0. The molecule has 0 spiro atoms. The Hall–Kier alpha value is -0.840. The molecule has 1 aromatic heterocycles. The first kappa shape index (κ1) is 12.2. The summed E-state index contributed by atoms with van der Waals surface area (Å²) in [6.07, 6.45) is 1.86. The first-order valence-corrected chi connectivity index (χ1v) is 4.84. The lowest BCUT2D eigenvalue weighted by molar-refractivity contribution is 0.395. The van der Waals surface area contributed by atoms with E-state index in [-0.39, 0.29) is 12.4 Å². The normalized spacial score (nSPS) is 20.5. The molecule has 0 unspecified atom stereocenters. The zero-order valence-corrected chi connectivity index (χ0v) is 9.51. The summed E-state index contributed by atoms with van der Waals surface area (Å²) < 4.78 is 5.01. The molecule has 0 aliphatic carbocycles. The van der Waals surface area contributed by atoms with Crippen molar-refractivity contribution >= 4 is 12.4 Å². The van der Waals surface area contributed by atoms with Crippen LogP contribution in [0.5, 0.6) is 5.88 Å².